The first-order valence-electron chi connectivity index (χ1n) is 4.74. The van der Waals surface area contributed by atoms with Crippen molar-refractivity contribution in [3.63, 3.8) is 0 Å². The van der Waals surface area contributed by atoms with E-state index in [2.05, 4.69) is 0 Å². The van der Waals surface area contributed by atoms with Gasteiger partial charge in [0.15, 0.2) is 0 Å². The lowest BCUT2D eigenvalue weighted by Gasteiger charge is -2.30. The molecule has 1 aliphatic carbocycles. The Labute approximate surface area is 87.9 Å². The van der Waals surface area contributed by atoms with E-state index in [0.717, 1.165) is 0 Å². The summed E-state index contributed by atoms with van der Waals surface area (Å²) in [7, 11) is 0. The van der Waals surface area contributed by atoms with Gasteiger partial charge in [0.05, 0.1) is 0 Å². The topological polar surface area (TPSA) is 74.0 Å². The van der Waals surface area contributed by atoms with Gasteiger partial charge in [0, 0.05) is 12.6 Å². The number of carbonyl (C=O) groups is 1. The van der Waals surface area contributed by atoms with Crippen LogP contribution < -0.4 is 11.5 Å². The Morgan fingerprint density at radius 1 is 1.47 bits per heavy atom. The second-order valence-corrected chi connectivity index (χ2v) is 3.61. The Bertz CT molecular complexity index is 444. The number of rotatable bonds is 2. The van der Waals surface area contributed by atoms with Gasteiger partial charge >= 0.3 is 0 Å². The standard InChI is InChI=1S/C11H13N3O/c12-10(15)9-5-4-8-14(9)11(13)6-2-1-3-7-11/h1-6,8H,7,13H2,(H2,12,15). The molecule has 0 aliphatic heterocycles. The lowest BCUT2D eigenvalue weighted by atomic mass is 10.0. The average molecular weight is 203 g/mol. The first-order chi connectivity index (χ1) is 7.13. The molecule has 2 rings (SSSR count). The minimum atomic E-state index is -0.678. The molecule has 15 heavy (non-hydrogen) atoms. The molecule has 1 amide bonds. The van der Waals surface area contributed by atoms with Crippen molar-refractivity contribution in [2.75, 3.05) is 0 Å². The first kappa shape index (κ1) is 9.73. The summed E-state index contributed by atoms with van der Waals surface area (Å²) in [6.45, 7) is 0. The molecule has 1 atom stereocenters. The predicted octanol–water partition coefficient (Wildman–Crippen LogP) is 0.715. The van der Waals surface area contributed by atoms with Gasteiger partial charge in [-0.15, -0.1) is 0 Å². The van der Waals surface area contributed by atoms with Gasteiger partial charge in [0.25, 0.3) is 5.91 Å². The summed E-state index contributed by atoms with van der Waals surface area (Å²) in [5, 5.41) is 0. The lowest BCUT2D eigenvalue weighted by molar-refractivity contribution is 0.0986. The molecule has 4 nitrogen and oxygen atoms in total. The van der Waals surface area contributed by atoms with Crippen molar-refractivity contribution in [3.8, 4) is 0 Å². The highest BCUT2D eigenvalue weighted by Crippen LogP contribution is 2.22. The smallest absolute Gasteiger partial charge is 0.265 e. The van der Waals surface area contributed by atoms with Crippen LogP contribution in [0.1, 0.15) is 16.9 Å². The van der Waals surface area contributed by atoms with Crippen LogP contribution in [0, 0.1) is 0 Å². The summed E-state index contributed by atoms with van der Waals surface area (Å²) in [5.74, 6) is -0.465. The molecular weight excluding hydrogens is 190 g/mol. The summed E-state index contributed by atoms with van der Waals surface area (Å²) in [6.07, 6.45) is 10.0. The Balaban J connectivity index is 2.45. The molecule has 4 N–H and O–H groups in total. The number of aromatic nitrogens is 1. The normalized spacial score (nSPS) is 24.3. The van der Waals surface area contributed by atoms with Crippen LogP contribution in [0.25, 0.3) is 0 Å². The van der Waals surface area contributed by atoms with E-state index in [1.165, 1.54) is 0 Å². The number of nitrogens with two attached hydrogens (primary N) is 2. The Morgan fingerprint density at radius 3 is 2.87 bits per heavy atom. The Hall–Kier alpha value is -1.81. The van der Waals surface area contributed by atoms with E-state index < -0.39 is 11.6 Å². The molecule has 1 unspecified atom stereocenters. The molecular formula is C11H13N3O. The third kappa shape index (κ3) is 1.59. The molecule has 1 heterocycles. The summed E-state index contributed by atoms with van der Waals surface area (Å²) >= 11 is 0. The number of allylic oxidation sites excluding steroid dienone is 2. The molecule has 4 heteroatoms. The number of carbonyl (C=O) groups excluding carboxylic acids is 1. The van der Waals surface area contributed by atoms with Crippen LogP contribution in [0.15, 0.2) is 42.6 Å². The highest BCUT2D eigenvalue weighted by molar-refractivity contribution is 5.91. The molecule has 78 valence electrons. The van der Waals surface area contributed by atoms with Crippen LogP contribution >= 0.6 is 0 Å². The van der Waals surface area contributed by atoms with Crippen LogP contribution in [0.5, 0.6) is 0 Å². The maximum atomic E-state index is 11.2. The summed E-state index contributed by atoms with van der Waals surface area (Å²) in [6, 6.07) is 3.43. The second kappa shape index (κ2) is 3.40. The number of amides is 1. The van der Waals surface area contributed by atoms with Crippen LogP contribution in [-0.4, -0.2) is 10.5 Å². The fourth-order valence-corrected chi connectivity index (χ4v) is 1.75. The van der Waals surface area contributed by atoms with Crippen molar-refractivity contribution in [2.45, 2.75) is 12.1 Å². The quantitative estimate of drug-likeness (QED) is 0.743. The zero-order valence-electron chi connectivity index (χ0n) is 8.26. The summed E-state index contributed by atoms with van der Waals surface area (Å²) in [4.78, 5) is 11.2. The molecule has 1 aliphatic rings. The van der Waals surface area contributed by atoms with E-state index in [1.54, 1.807) is 22.9 Å². The number of hydrogen-bond acceptors (Lipinski definition) is 2. The summed E-state index contributed by atoms with van der Waals surface area (Å²) < 4.78 is 1.70. The predicted molar refractivity (Wildman–Crippen MR) is 58.0 cm³/mol. The molecule has 0 radical (unpaired) electrons. The average Bonchev–Trinajstić information content (AvgIpc) is 2.67. The fourth-order valence-electron chi connectivity index (χ4n) is 1.75. The molecule has 0 aromatic carbocycles. The van der Waals surface area contributed by atoms with E-state index in [4.69, 9.17) is 11.5 Å². The van der Waals surface area contributed by atoms with Crippen LogP contribution in [0.4, 0.5) is 0 Å². The van der Waals surface area contributed by atoms with Crippen LogP contribution in [-0.2, 0) is 5.66 Å². The zero-order valence-corrected chi connectivity index (χ0v) is 8.26. The maximum absolute atomic E-state index is 11.2. The summed E-state index contributed by atoms with van der Waals surface area (Å²) in [5.41, 5.74) is 11.2. The number of nitrogens with zero attached hydrogens (tertiary/aromatic N) is 1. The monoisotopic (exact) mass is 203 g/mol. The Morgan fingerprint density at radius 2 is 2.27 bits per heavy atom. The molecule has 0 fully saturated rings. The van der Waals surface area contributed by atoms with Gasteiger partial charge in [-0.05, 0) is 18.2 Å². The lowest BCUT2D eigenvalue weighted by Crippen LogP contribution is -2.43. The molecule has 1 aromatic heterocycles. The fraction of sp³-hybridized carbons (Fsp3) is 0.182. The van der Waals surface area contributed by atoms with Gasteiger partial charge in [-0.1, -0.05) is 18.2 Å². The molecule has 0 bridgehead atoms. The SMILES string of the molecule is NC(=O)c1cccn1C1(N)C=CC=CC1. The van der Waals surface area contributed by atoms with E-state index in [0.29, 0.717) is 12.1 Å². The third-order valence-electron chi connectivity index (χ3n) is 2.53. The van der Waals surface area contributed by atoms with Crippen LogP contribution in [0.2, 0.25) is 0 Å². The van der Waals surface area contributed by atoms with Gasteiger partial charge in [-0.2, -0.15) is 0 Å². The van der Waals surface area contributed by atoms with Gasteiger partial charge in [-0.25, -0.2) is 0 Å². The van der Waals surface area contributed by atoms with Crippen molar-refractivity contribution < 1.29 is 4.79 Å². The van der Waals surface area contributed by atoms with E-state index >= 15 is 0 Å². The maximum Gasteiger partial charge on any atom is 0.265 e. The van der Waals surface area contributed by atoms with Crippen LogP contribution in [0.3, 0.4) is 0 Å². The van der Waals surface area contributed by atoms with Crippen molar-refractivity contribution in [2.24, 2.45) is 11.5 Å². The largest absolute Gasteiger partial charge is 0.364 e. The van der Waals surface area contributed by atoms with Gasteiger partial charge in [0.2, 0.25) is 0 Å². The molecule has 1 aromatic rings. The molecule has 0 saturated carbocycles. The minimum Gasteiger partial charge on any atom is -0.364 e. The molecule has 0 spiro atoms. The zero-order chi connectivity index (χ0) is 10.9. The van der Waals surface area contributed by atoms with E-state index in [9.17, 15) is 4.79 Å². The van der Waals surface area contributed by atoms with Gasteiger partial charge in [0.1, 0.15) is 11.4 Å². The van der Waals surface area contributed by atoms with Gasteiger partial charge < -0.3 is 16.0 Å². The van der Waals surface area contributed by atoms with Crippen molar-refractivity contribution >= 4 is 5.91 Å². The second-order valence-electron chi connectivity index (χ2n) is 3.61. The Kier molecular flexibility index (Phi) is 2.21. The third-order valence-corrected chi connectivity index (χ3v) is 2.53. The van der Waals surface area contributed by atoms with Gasteiger partial charge in [-0.3, -0.25) is 4.79 Å². The molecule has 0 saturated heterocycles. The first-order valence-corrected chi connectivity index (χ1v) is 4.74. The van der Waals surface area contributed by atoms with Crippen molar-refractivity contribution in [1.29, 1.82) is 0 Å². The van der Waals surface area contributed by atoms with E-state index in [1.807, 2.05) is 24.3 Å². The van der Waals surface area contributed by atoms with Crippen molar-refractivity contribution in [1.82, 2.24) is 4.57 Å². The van der Waals surface area contributed by atoms with Crippen molar-refractivity contribution in [3.05, 3.63) is 48.3 Å². The highest BCUT2D eigenvalue weighted by Gasteiger charge is 2.26. The van der Waals surface area contributed by atoms with E-state index in [-0.39, 0.29) is 0 Å². The minimum absolute atomic E-state index is 0.428. The highest BCUT2D eigenvalue weighted by atomic mass is 16.1. The number of primary amides is 1. The number of hydrogen-bond donors (Lipinski definition) is 2.